The molecule has 0 saturated carbocycles. The molecule has 4 heterocycles. The van der Waals surface area contributed by atoms with Crippen molar-refractivity contribution in [2.24, 2.45) is 5.92 Å². The lowest BCUT2D eigenvalue weighted by Gasteiger charge is -2.30. The van der Waals surface area contributed by atoms with Gasteiger partial charge in [-0.2, -0.15) is 0 Å². The number of benzene rings is 2. The molecule has 3 fully saturated rings. The highest BCUT2D eigenvalue weighted by atomic mass is 16.3. The van der Waals surface area contributed by atoms with E-state index in [0.29, 0.717) is 49.7 Å². The van der Waals surface area contributed by atoms with Gasteiger partial charge in [-0.25, -0.2) is 0 Å². The first kappa shape index (κ1) is 31.9. The van der Waals surface area contributed by atoms with Crippen LogP contribution in [0, 0.1) is 5.92 Å². The quantitative estimate of drug-likeness (QED) is 0.299. The van der Waals surface area contributed by atoms with Gasteiger partial charge in [0.2, 0.25) is 17.7 Å². The van der Waals surface area contributed by atoms with Crippen molar-refractivity contribution in [2.75, 3.05) is 67.1 Å². The molecule has 0 radical (unpaired) electrons. The zero-order chi connectivity index (χ0) is 32.4. The number of aliphatic hydroxyl groups excluding tert-OH is 1. The van der Waals surface area contributed by atoms with Crippen molar-refractivity contribution < 1.29 is 29.4 Å². The average molecular weight is 631 g/mol. The lowest BCUT2D eigenvalue weighted by atomic mass is 9.82. The van der Waals surface area contributed by atoms with E-state index in [4.69, 9.17) is 0 Å². The van der Waals surface area contributed by atoms with Crippen molar-refractivity contribution in [3.63, 3.8) is 0 Å². The summed E-state index contributed by atoms with van der Waals surface area (Å²) in [5, 5.41) is 28.0. The summed E-state index contributed by atoms with van der Waals surface area (Å²) in [6.07, 6.45) is 5.12. The molecule has 4 aliphatic rings. The van der Waals surface area contributed by atoms with Crippen LogP contribution in [0.25, 0.3) is 0 Å². The average Bonchev–Trinajstić information content (AvgIpc) is 3.63. The van der Waals surface area contributed by atoms with Gasteiger partial charge < -0.3 is 40.4 Å². The van der Waals surface area contributed by atoms with E-state index in [9.17, 15) is 29.4 Å². The number of carbonyl (C=O) groups is 4. The summed E-state index contributed by atoms with van der Waals surface area (Å²) in [6.45, 7) is 5.40. The number of carbonyl (C=O) groups excluding carboxylic acids is 4. The molecule has 3 atom stereocenters. The van der Waals surface area contributed by atoms with Gasteiger partial charge in [-0.3, -0.25) is 19.2 Å². The van der Waals surface area contributed by atoms with Gasteiger partial charge in [0, 0.05) is 62.0 Å². The number of anilines is 3. The fourth-order valence-electron chi connectivity index (χ4n) is 6.97. The van der Waals surface area contributed by atoms with Crippen LogP contribution in [0.2, 0.25) is 0 Å². The number of amides is 4. The standard InChI is InChI=1S/C34H42N6O6/c1-23(4-2-6-30(42)37-15-3-5-27(37)22-41)34(46)28-18-26(39-17-14-36-20-32(39)44)11-12-29(28)40(33(34)45)21-24-7-9-25(10-8-24)38-16-13-35-19-31(38)43/h2,4,7-12,18,23,27,35-36,41,46H,3,5-6,13-17,19-22H2,1H3/b4-2+/t23-,27+,34+/m1/s1. The number of fused-ring (bicyclic) bond motifs is 1. The molecule has 12 heteroatoms. The minimum Gasteiger partial charge on any atom is -0.394 e. The first-order valence-corrected chi connectivity index (χ1v) is 16.1. The third-order valence-electron chi connectivity index (χ3n) is 9.62. The maximum atomic E-state index is 14.2. The SMILES string of the molecule is C[C@H](/C=C/CC(=O)N1CCC[C@H]1CO)[C@@]1(O)C(=O)N(Cc2ccc(N3CCNCC3=O)cc2)c2ccc(N3CCNCC3=O)cc21. The highest BCUT2D eigenvalue weighted by Crippen LogP contribution is 2.47. The number of rotatable bonds is 9. The molecule has 0 aromatic heterocycles. The predicted octanol–water partition coefficient (Wildman–Crippen LogP) is 0.859. The highest BCUT2D eigenvalue weighted by Gasteiger charge is 2.53. The number of aliphatic hydroxyl groups is 2. The molecular formula is C34H42N6O6. The molecular weight excluding hydrogens is 588 g/mol. The summed E-state index contributed by atoms with van der Waals surface area (Å²) in [5.74, 6) is -1.37. The summed E-state index contributed by atoms with van der Waals surface area (Å²) in [7, 11) is 0. The van der Waals surface area contributed by atoms with E-state index < -0.39 is 17.4 Å². The van der Waals surface area contributed by atoms with E-state index in [1.165, 1.54) is 0 Å². The normalized spacial score (nSPS) is 24.3. The van der Waals surface area contributed by atoms with Gasteiger partial charge in [-0.15, -0.1) is 0 Å². The Morgan fingerprint density at radius 3 is 2.28 bits per heavy atom. The van der Waals surface area contributed by atoms with E-state index >= 15 is 0 Å². The lowest BCUT2D eigenvalue weighted by Crippen LogP contribution is -2.48. The summed E-state index contributed by atoms with van der Waals surface area (Å²) in [6, 6.07) is 12.7. The van der Waals surface area contributed by atoms with E-state index in [2.05, 4.69) is 10.6 Å². The molecule has 46 heavy (non-hydrogen) atoms. The molecule has 0 bridgehead atoms. The molecule has 0 unspecified atom stereocenters. The smallest absolute Gasteiger partial charge is 0.264 e. The fraction of sp³-hybridized carbons (Fsp3) is 0.471. The van der Waals surface area contributed by atoms with E-state index in [0.717, 1.165) is 30.6 Å². The van der Waals surface area contributed by atoms with Gasteiger partial charge in [-0.05, 0) is 48.7 Å². The van der Waals surface area contributed by atoms with Gasteiger partial charge in [0.15, 0.2) is 5.60 Å². The van der Waals surface area contributed by atoms with Crippen LogP contribution in [0.5, 0.6) is 0 Å². The molecule has 3 saturated heterocycles. The Labute approximate surface area is 268 Å². The van der Waals surface area contributed by atoms with Gasteiger partial charge in [0.25, 0.3) is 5.91 Å². The van der Waals surface area contributed by atoms with Crippen molar-refractivity contribution in [3.8, 4) is 0 Å². The molecule has 0 aliphatic carbocycles. The fourth-order valence-corrected chi connectivity index (χ4v) is 6.97. The van der Waals surface area contributed by atoms with Crippen LogP contribution < -0.4 is 25.3 Å². The minimum atomic E-state index is -1.93. The lowest BCUT2D eigenvalue weighted by molar-refractivity contribution is -0.139. The highest BCUT2D eigenvalue weighted by molar-refractivity contribution is 6.08. The van der Waals surface area contributed by atoms with Crippen LogP contribution in [0.15, 0.2) is 54.6 Å². The number of piperazine rings is 2. The maximum Gasteiger partial charge on any atom is 0.264 e. The molecule has 4 amide bonds. The van der Waals surface area contributed by atoms with Crippen LogP contribution in [0.4, 0.5) is 17.1 Å². The number of likely N-dealkylation sites (tertiary alicyclic amines) is 1. The maximum absolute atomic E-state index is 14.2. The molecule has 2 aromatic carbocycles. The molecule has 4 N–H and O–H groups in total. The van der Waals surface area contributed by atoms with Crippen LogP contribution in [0.1, 0.15) is 37.3 Å². The number of hydrogen-bond donors (Lipinski definition) is 4. The van der Waals surface area contributed by atoms with Crippen molar-refractivity contribution in [2.45, 2.75) is 44.4 Å². The zero-order valence-corrected chi connectivity index (χ0v) is 26.2. The largest absolute Gasteiger partial charge is 0.394 e. The van der Waals surface area contributed by atoms with Gasteiger partial charge >= 0.3 is 0 Å². The topological polar surface area (TPSA) is 146 Å². The Morgan fingerprint density at radius 2 is 1.63 bits per heavy atom. The molecule has 4 aliphatic heterocycles. The summed E-state index contributed by atoms with van der Waals surface area (Å²) in [4.78, 5) is 58.8. The Morgan fingerprint density at radius 1 is 0.978 bits per heavy atom. The van der Waals surface area contributed by atoms with Crippen molar-refractivity contribution in [1.82, 2.24) is 15.5 Å². The van der Waals surface area contributed by atoms with Crippen molar-refractivity contribution >= 4 is 40.7 Å². The second-order valence-corrected chi connectivity index (χ2v) is 12.5. The number of nitrogens with zero attached hydrogens (tertiary/aromatic N) is 4. The molecule has 12 nitrogen and oxygen atoms in total. The second kappa shape index (κ2) is 13.3. The third-order valence-corrected chi connectivity index (χ3v) is 9.62. The van der Waals surface area contributed by atoms with Crippen LogP contribution in [0.3, 0.4) is 0 Å². The summed E-state index contributed by atoms with van der Waals surface area (Å²) in [5.41, 5.74) is 1.26. The number of nitrogens with one attached hydrogen (secondary N) is 2. The monoisotopic (exact) mass is 630 g/mol. The van der Waals surface area contributed by atoms with E-state index in [-0.39, 0.29) is 49.9 Å². The van der Waals surface area contributed by atoms with Gasteiger partial charge in [-0.1, -0.05) is 31.2 Å². The minimum absolute atomic E-state index is 0.00358. The molecule has 6 rings (SSSR count). The van der Waals surface area contributed by atoms with Gasteiger partial charge in [0.1, 0.15) is 0 Å². The molecule has 2 aromatic rings. The van der Waals surface area contributed by atoms with Crippen molar-refractivity contribution in [3.05, 3.63) is 65.7 Å². The Kier molecular flexibility index (Phi) is 9.23. The predicted molar refractivity (Wildman–Crippen MR) is 173 cm³/mol. The zero-order valence-electron chi connectivity index (χ0n) is 26.2. The second-order valence-electron chi connectivity index (χ2n) is 12.5. The van der Waals surface area contributed by atoms with E-state index in [1.54, 1.807) is 56.9 Å². The molecule has 0 spiro atoms. The van der Waals surface area contributed by atoms with E-state index in [1.807, 2.05) is 24.3 Å². The van der Waals surface area contributed by atoms with Crippen LogP contribution >= 0.6 is 0 Å². The van der Waals surface area contributed by atoms with Crippen LogP contribution in [-0.4, -0.2) is 97.2 Å². The Balaban J connectivity index is 1.27. The summed E-state index contributed by atoms with van der Waals surface area (Å²) < 4.78 is 0. The number of hydrogen-bond acceptors (Lipinski definition) is 8. The summed E-state index contributed by atoms with van der Waals surface area (Å²) >= 11 is 0. The first-order valence-electron chi connectivity index (χ1n) is 16.1. The molecule has 244 valence electrons. The van der Waals surface area contributed by atoms with Crippen molar-refractivity contribution in [1.29, 1.82) is 0 Å². The first-order chi connectivity index (χ1) is 22.2. The third kappa shape index (κ3) is 5.93. The van der Waals surface area contributed by atoms with Crippen LogP contribution in [-0.2, 0) is 31.3 Å². The Hall–Kier alpha value is -4.10. The Bertz CT molecular complexity index is 1530. The van der Waals surface area contributed by atoms with Gasteiger partial charge in [0.05, 0.1) is 38.0 Å².